The summed E-state index contributed by atoms with van der Waals surface area (Å²) in [5.41, 5.74) is 10.2. The molecule has 6 nitrogen and oxygen atoms in total. The van der Waals surface area contributed by atoms with Gasteiger partial charge in [0.25, 0.3) is 0 Å². The van der Waals surface area contributed by atoms with Crippen LogP contribution in [0.2, 0.25) is 19.6 Å². The highest BCUT2D eigenvalue weighted by Gasteiger charge is 2.20. The Kier molecular flexibility index (Phi) is 9.87. The van der Waals surface area contributed by atoms with Crippen LogP contribution in [-0.2, 0) is 0 Å². The Labute approximate surface area is 340 Å². The van der Waals surface area contributed by atoms with E-state index in [9.17, 15) is 0 Å². The second-order valence-electron chi connectivity index (χ2n) is 15.2. The van der Waals surface area contributed by atoms with Gasteiger partial charge in [-0.1, -0.05) is 213 Å². The predicted molar refractivity (Wildman–Crippen MR) is 240 cm³/mol. The molecule has 2 heterocycles. The molecule has 0 radical (unpaired) electrons. The second kappa shape index (κ2) is 15.7. The molecule has 0 amide bonds. The Bertz CT molecular complexity index is 2710. The third-order valence-electron chi connectivity index (χ3n) is 10.2. The molecule has 0 spiro atoms. The van der Waals surface area contributed by atoms with Gasteiger partial charge in [0.2, 0.25) is 0 Å². The number of hydrogen-bond acceptors (Lipinski definition) is 6. The van der Waals surface area contributed by atoms with Gasteiger partial charge in [0.1, 0.15) is 0 Å². The van der Waals surface area contributed by atoms with Gasteiger partial charge in [0.05, 0.1) is 8.07 Å². The monoisotopic (exact) mass is 764 g/mol. The van der Waals surface area contributed by atoms with Gasteiger partial charge < -0.3 is 0 Å². The van der Waals surface area contributed by atoms with Crippen molar-refractivity contribution in [3.05, 3.63) is 188 Å². The van der Waals surface area contributed by atoms with Crippen molar-refractivity contribution in [1.82, 2.24) is 29.9 Å². The molecular formula is C51H40N6Si. The molecule has 0 saturated heterocycles. The van der Waals surface area contributed by atoms with Crippen LogP contribution in [0, 0.1) is 0 Å². The van der Waals surface area contributed by atoms with E-state index in [2.05, 4.69) is 86.4 Å². The first-order chi connectivity index (χ1) is 28.4. The minimum Gasteiger partial charge on any atom is -0.208 e. The van der Waals surface area contributed by atoms with E-state index in [1.807, 2.05) is 121 Å². The first-order valence-electron chi connectivity index (χ1n) is 19.5. The number of aromatic nitrogens is 6. The fourth-order valence-corrected chi connectivity index (χ4v) is 8.14. The van der Waals surface area contributed by atoms with Gasteiger partial charge in [-0.15, -0.1) is 0 Å². The van der Waals surface area contributed by atoms with E-state index in [-0.39, 0.29) is 0 Å². The van der Waals surface area contributed by atoms with Crippen LogP contribution in [0.15, 0.2) is 188 Å². The molecule has 0 fully saturated rings. The summed E-state index contributed by atoms with van der Waals surface area (Å²) >= 11 is 0. The first kappa shape index (κ1) is 36.4. The van der Waals surface area contributed by atoms with Crippen molar-refractivity contribution in [2.24, 2.45) is 0 Å². The maximum absolute atomic E-state index is 4.96. The molecule has 7 aromatic carbocycles. The zero-order valence-electron chi connectivity index (χ0n) is 32.6. The van der Waals surface area contributed by atoms with Gasteiger partial charge in [-0.3, -0.25) is 0 Å². The summed E-state index contributed by atoms with van der Waals surface area (Å²) in [6.07, 6.45) is 0. The smallest absolute Gasteiger partial charge is 0.164 e. The van der Waals surface area contributed by atoms with Crippen molar-refractivity contribution in [3.63, 3.8) is 0 Å². The van der Waals surface area contributed by atoms with Crippen LogP contribution in [0.25, 0.3) is 90.6 Å². The van der Waals surface area contributed by atoms with Crippen molar-refractivity contribution in [2.75, 3.05) is 0 Å². The van der Waals surface area contributed by atoms with Gasteiger partial charge in [0.15, 0.2) is 34.9 Å². The molecule has 0 unspecified atom stereocenters. The third-order valence-corrected chi connectivity index (χ3v) is 12.2. The van der Waals surface area contributed by atoms with E-state index >= 15 is 0 Å². The highest BCUT2D eigenvalue weighted by molar-refractivity contribution is 6.88. The first-order valence-corrected chi connectivity index (χ1v) is 23.0. The van der Waals surface area contributed by atoms with Crippen LogP contribution in [0.5, 0.6) is 0 Å². The molecule has 278 valence electrons. The lowest BCUT2D eigenvalue weighted by atomic mass is 9.93. The maximum atomic E-state index is 4.96. The van der Waals surface area contributed by atoms with Crippen molar-refractivity contribution in [1.29, 1.82) is 0 Å². The fraction of sp³-hybridized carbons (Fsp3) is 0.0588. The molecule has 0 aliphatic rings. The normalized spacial score (nSPS) is 11.4. The lowest BCUT2D eigenvalue weighted by Crippen LogP contribution is -2.37. The summed E-state index contributed by atoms with van der Waals surface area (Å²) in [4.78, 5) is 29.6. The van der Waals surface area contributed by atoms with Crippen LogP contribution in [0.4, 0.5) is 0 Å². The van der Waals surface area contributed by atoms with E-state index in [0.29, 0.717) is 34.9 Å². The third kappa shape index (κ3) is 7.76. The number of rotatable bonds is 9. The van der Waals surface area contributed by atoms with E-state index < -0.39 is 8.07 Å². The molecule has 9 rings (SSSR count). The summed E-state index contributed by atoms with van der Waals surface area (Å²) < 4.78 is 0. The van der Waals surface area contributed by atoms with E-state index in [0.717, 1.165) is 50.1 Å². The van der Waals surface area contributed by atoms with Crippen LogP contribution >= 0.6 is 0 Å². The van der Waals surface area contributed by atoms with Crippen molar-refractivity contribution in [3.8, 4) is 90.6 Å². The SMILES string of the molecule is C[Si](C)(C)c1ccc(-c2ccc(-c3nc(-c4ccccc4)nc(-c4ccccc4)n3)cc2)c(-c2ccc(-c3nc(-c4ccccc4)nc(-c4ccccc4)n3)cc2)c1. The topological polar surface area (TPSA) is 77.3 Å². The highest BCUT2D eigenvalue weighted by Crippen LogP contribution is 2.35. The maximum Gasteiger partial charge on any atom is 0.164 e. The lowest BCUT2D eigenvalue weighted by Gasteiger charge is -2.20. The number of hydrogen-bond donors (Lipinski definition) is 0. The van der Waals surface area contributed by atoms with Crippen LogP contribution in [0.1, 0.15) is 0 Å². The minimum atomic E-state index is -1.63. The van der Waals surface area contributed by atoms with Crippen molar-refractivity contribution in [2.45, 2.75) is 19.6 Å². The fourth-order valence-electron chi connectivity index (χ4n) is 6.97. The Hall–Kier alpha value is -7.22. The number of nitrogens with zero attached hydrogens (tertiary/aromatic N) is 6. The average molecular weight is 765 g/mol. The zero-order valence-corrected chi connectivity index (χ0v) is 33.6. The molecule has 9 aromatic rings. The van der Waals surface area contributed by atoms with Crippen LogP contribution in [-0.4, -0.2) is 38.0 Å². The Morgan fingerprint density at radius 1 is 0.259 bits per heavy atom. The van der Waals surface area contributed by atoms with Crippen LogP contribution in [0.3, 0.4) is 0 Å². The summed E-state index contributed by atoms with van der Waals surface area (Å²) in [7, 11) is -1.63. The van der Waals surface area contributed by atoms with Gasteiger partial charge in [-0.05, 0) is 22.3 Å². The summed E-state index contributed by atoms with van der Waals surface area (Å²) in [5.74, 6) is 3.85. The molecule has 58 heavy (non-hydrogen) atoms. The average Bonchev–Trinajstić information content (AvgIpc) is 3.29. The number of benzene rings is 7. The standard InChI is InChI=1S/C51H40N6Si/c1-58(2,3)43-32-33-44(35-24-28-41(29-25-35)50-54-46(37-16-8-4-9-17-37)52-47(55-50)38-18-10-5-11-19-38)45(34-43)36-26-30-42(31-27-36)51-56-48(39-20-12-6-13-21-39)53-49(57-51)40-22-14-7-15-23-40/h4-34H,1-3H3. The molecule has 0 bridgehead atoms. The summed E-state index contributed by atoms with van der Waals surface area (Å²) in [6.45, 7) is 7.17. The largest absolute Gasteiger partial charge is 0.208 e. The summed E-state index contributed by atoms with van der Waals surface area (Å²) in [5, 5.41) is 1.40. The van der Waals surface area contributed by atoms with Gasteiger partial charge in [-0.2, -0.15) is 0 Å². The molecular weight excluding hydrogens is 725 g/mol. The molecule has 2 aromatic heterocycles. The van der Waals surface area contributed by atoms with Crippen molar-refractivity contribution >= 4 is 13.3 Å². The molecule has 0 atom stereocenters. The second-order valence-corrected chi connectivity index (χ2v) is 20.3. The molecule has 0 N–H and O–H groups in total. The molecule has 0 saturated carbocycles. The zero-order chi connectivity index (χ0) is 39.5. The Morgan fingerprint density at radius 2 is 0.517 bits per heavy atom. The van der Waals surface area contributed by atoms with E-state index in [1.54, 1.807) is 0 Å². The van der Waals surface area contributed by atoms with Crippen molar-refractivity contribution < 1.29 is 0 Å². The van der Waals surface area contributed by atoms with Gasteiger partial charge in [0, 0.05) is 33.4 Å². The van der Waals surface area contributed by atoms with Gasteiger partial charge >= 0.3 is 0 Å². The predicted octanol–water partition coefficient (Wildman–Crippen LogP) is 11.9. The molecule has 0 aliphatic heterocycles. The minimum absolute atomic E-state index is 0.633. The summed E-state index contributed by atoms with van der Waals surface area (Å²) in [6, 6.07) is 64.5. The van der Waals surface area contributed by atoms with E-state index in [1.165, 1.54) is 10.8 Å². The Morgan fingerprint density at radius 3 is 0.810 bits per heavy atom. The highest BCUT2D eigenvalue weighted by atomic mass is 28.3. The van der Waals surface area contributed by atoms with E-state index in [4.69, 9.17) is 29.9 Å². The lowest BCUT2D eigenvalue weighted by molar-refractivity contribution is 1.07. The quantitative estimate of drug-likeness (QED) is 0.136. The Balaban J connectivity index is 1.09. The molecule has 7 heteroatoms. The molecule has 0 aliphatic carbocycles. The van der Waals surface area contributed by atoms with Gasteiger partial charge in [-0.25, -0.2) is 29.9 Å². The van der Waals surface area contributed by atoms with Crippen LogP contribution < -0.4 is 5.19 Å².